The third-order valence-electron chi connectivity index (χ3n) is 6.31. The molecule has 0 radical (unpaired) electrons. The van der Waals surface area contributed by atoms with E-state index in [2.05, 4.69) is 73.2 Å². The van der Waals surface area contributed by atoms with Crippen LogP contribution in [0, 0.1) is 0 Å². The number of aromatic nitrogens is 2. The second-order valence-corrected chi connectivity index (χ2v) is 8.62. The lowest BCUT2D eigenvalue weighted by molar-refractivity contribution is 0.173. The van der Waals surface area contributed by atoms with E-state index < -0.39 is 0 Å². The first-order valence-corrected chi connectivity index (χ1v) is 12.0. The minimum absolute atomic E-state index is 0.240. The van der Waals surface area contributed by atoms with Crippen LogP contribution in [0.1, 0.15) is 69.3 Å². The van der Waals surface area contributed by atoms with Gasteiger partial charge in [0.25, 0.3) is 0 Å². The quantitative estimate of drug-likeness (QED) is 0.374. The summed E-state index contributed by atoms with van der Waals surface area (Å²) in [6, 6.07) is 17.1. The van der Waals surface area contributed by atoms with E-state index in [9.17, 15) is 0 Å². The summed E-state index contributed by atoms with van der Waals surface area (Å²) in [4.78, 5) is 2.55. The Bertz CT molecular complexity index is 999. The molecule has 2 heterocycles. The van der Waals surface area contributed by atoms with Gasteiger partial charge in [-0.15, -0.1) is 0 Å². The smallest absolute Gasteiger partial charge is 0.231 e. The van der Waals surface area contributed by atoms with E-state index >= 15 is 0 Å². The number of benzene rings is 2. The van der Waals surface area contributed by atoms with Gasteiger partial charge >= 0.3 is 0 Å². The molecule has 0 amide bonds. The fraction of sp³-hybridized carbons (Fsp3) is 0.444. The molecule has 1 unspecified atom stereocenters. The Morgan fingerprint density at radius 2 is 1.78 bits per heavy atom. The molecule has 0 bridgehead atoms. The summed E-state index contributed by atoms with van der Waals surface area (Å²) in [5, 5.41) is 8.22. The number of hydrogen-bond donors (Lipinski definition) is 1. The standard InChI is InChI=1S/C27H35N3O2/c1-4-6-13-23-26(28-29-27(23)22-11-9-8-10-12-22)20(3)30(16-7-5-2)18-21-14-15-24-25(17-21)32-19-31-24/h8-12,14-15,17,20H,4-7,13,16,18-19H2,1-3H3,(H,28,29). The molecule has 4 rings (SSSR count). The lowest BCUT2D eigenvalue weighted by atomic mass is 9.97. The predicted molar refractivity (Wildman–Crippen MR) is 129 cm³/mol. The van der Waals surface area contributed by atoms with Gasteiger partial charge in [-0.2, -0.15) is 5.10 Å². The molecule has 32 heavy (non-hydrogen) atoms. The van der Waals surface area contributed by atoms with Crippen LogP contribution in [0.15, 0.2) is 48.5 Å². The second kappa shape index (κ2) is 10.7. The van der Waals surface area contributed by atoms with Crippen LogP contribution in [-0.2, 0) is 13.0 Å². The minimum Gasteiger partial charge on any atom is -0.454 e. The summed E-state index contributed by atoms with van der Waals surface area (Å²) in [6.07, 6.45) is 5.72. The molecule has 1 aliphatic rings. The SMILES string of the molecule is CCCCc1c(-c2ccccc2)n[nH]c1C(C)N(CCCC)Cc1ccc2c(c1)OCO2. The number of nitrogens with zero attached hydrogens (tertiary/aromatic N) is 2. The molecule has 0 spiro atoms. The van der Waals surface area contributed by atoms with Crippen molar-refractivity contribution in [1.82, 2.24) is 15.1 Å². The molecular weight excluding hydrogens is 398 g/mol. The number of aromatic amines is 1. The Hall–Kier alpha value is -2.79. The van der Waals surface area contributed by atoms with Crippen LogP contribution < -0.4 is 9.47 Å². The van der Waals surface area contributed by atoms with E-state index in [1.165, 1.54) is 41.6 Å². The van der Waals surface area contributed by atoms with Crippen LogP contribution in [0.3, 0.4) is 0 Å². The minimum atomic E-state index is 0.240. The molecule has 170 valence electrons. The van der Waals surface area contributed by atoms with Crippen molar-refractivity contribution in [1.29, 1.82) is 0 Å². The van der Waals surface area contributed by atoms with E-state index in [4.69, 9.17) is 14.6 Å². The molecule has 2 aromatic carbocycles. The largest absolute Gasteiger partial charge is 0.454 e. The molecule has 1 N–H and O–H groups in total. The number of ether oxygens (including phenoxy) is 2. The number of unbranched alkanes of at least 4 members (excludes halogenated alkanes) is 2. The highest BCUT2D eigenvalue weighted by atomic mass is 16.7. The van der Waals surface area contributed by atoms with Crippen molar-refractivity contribution in [2.45, 2.75) is 65.5 Å². The lowest BCUT2D eigenvalue weighted by Crippen LogP contribution is -2.28. The van der Waals surface area contributed by atoms with Crippen molar-refractivity contribution in [3.8, 4) is 22.8 Å². The van der Waals surface area contributed by atoms with Gasteiger partial charge in [-0.3, -0.25) is 10.00 Å². The second-order valence-electron chi connectivity index (χ2n) is 8.62. The van der Waals surface area contributed by atoms with Crippen LogP contribution in [-0.4, -0.2) is 28.4 Å². The summed E-state index contributed by atoms with van der Waals surface area (Å²) in [5.74, 6) is 1.69. The number of H-pyrrole nitrogens is 1. The maximum absolute atomic E-state index is 5.61. The molecule has 0 saturated heterocycles. The van der Waals surface area contributed by atoms with Gasteiger partial charge in [0, 0.05) is 23.7 Å². The van der Waals surface area contributed by atoms with Crippen LogP contribution >= 0.6 is 0 Å². The Balaban J connectivity index is 1.62. The van der Waals surface area contributed by atoms with Gasteiger partial charge in [0.1, 0.15) is 0 Å². The van der Waals surface area contributed by atoms with Gasteiger partial charge < -0.3 is 9.47 Å². The van der Waals surface area contributed by atoms with E-state index in [0.717, 1.165) is 43.1 Å². The first kappa shape index (κ1) is 22.4. The first-order chi connectivity index (χ1) is 15.7. The molecule has 0 aliphatic carbocycles. The zero-order valence-electron chi connectivity index (χ0n) is 19.6. The van der Waals surface area contributed by atoms with Crippen molar-refractivity contribution < 1.29 is 9.47 Å². The topological polar surface area (TPSA) is 50.4 Å². The molecule has 1 atom stereocenters. The monoisotopic (exact) mass is 433 g/mol. The average molecular weight is 434 g/mol. The summed E-state index contributed by atoms with van der Waals surface area (Å²) in [5.41, 5.74) is 6.13. The zero-order valence-corrected chi connectivity index (χ0v) is 19.6. The number of rotatable bonds is 11. The van der Waals surface area contributed by atoms with Crippen LogP contribution in [0.4, 0.5) is 0 Å². The summed E-state index contributed by atoms with van der Waals surface area (Å²) < 4.78 is 11.1. The molecule has 0 saturated carbocycles. The fourth-order valence-corrected chi connectivity index (χ4v) is 4.39. The molecular formula is C27H35N3O2. The van der Waals surface area contributed by atoms with Crippen LogP contribution in [0.5, 0.6) is 11.5 Å². The third-order valence-corrected chi connectivity index (χ3v) is 6.31. The van der Waals surface area contributed by atoms with Crippen LogP contribution in [0.2, 0.25) is 0 Å². The molecule has 5 heteroatoms. The molecule has 1 aliphatic heterocycles. The van der Waals surface area contributed by atoms with Crippen molar-refractivity contribution in [3.63, 3.8) is 0 Å². The summed E-state index contributed by atoms with van der Waals surface area (Å²) in [6.45, 7) is 9.02. The Morgan fingerprint density at radius 3 is 2.56 bits per heavy atom. The summed E-state index contributed by atoms with van der Waals surface area (Å²) in [7, 11) is 0. The highest BCUT2D eigenvalue weighted by Gasteiger charge is 2.24. The van der Waals surface area contributed by atoms with Gasteiger partial charge in [-0.1, -0.05) is 63.1 Å². The Labute approximate surface area is 191 Å². The van der Waals surface area contributed by atoms with Crippen molar-refractivity contribution >= 4 is 0 Å². The van der Waals surface area contributed by atoms with E-state index in [1.807, 2.05) is 6.07 Å². The number of fused-ring (bicyclic) bond motifs is 1. The number of nitrogens with one attached hydrogen (secondary N) is 1. The van der Waals surface area contributed by atoms with Gasteiger partial charge in [0.15, 0.2) is 11.5 Å². The molecule has 5 nitrogen and oxygen atoms in total. The van der Waals surface area contributed by atoms with E-state index in [0.29, 0.717) is 6.79 Å². The van der Waals surface area contributed by atoms with Gasteiger partial charge in [0.2, 0.25) is 6.79 Å². The maximum Gasteiger partial charge on any atom is 0.231 e. The average Bonchev–Trinajstić information content (AvgIpc) is 3.47. The summed E-state index contributed by atoms with van der Waals surface area (Å²) >= 11 is 0. The highest BCUT2D eigenvalue weighted by molar-refractivity contribution is 5.64. The fourth-order valence-electron chi connectivity index (χ4n) is 4.39. The maximum atomic E-state index is 5.61. The lowest BCUT2D eigenvalue weighted by Gasteiger charge is -2.29. The van der Waals surface area contributed by atoms with Gasteiger partial charge in [0.05, 0.1) is 11.4 Å². The van der Waals surface area contributed by atoms with Crippen LogP contribution in [0.25, 0.3) is 11.3 Å². The Kier molecular flexibility index (Phi) is 7.48. The predicted octanol–water partition coefficient (Wildman–Crippen LogP) is 6.51. The van der Waals surface area contributed by atoms with Gasteiger partial charge in [-0.25, -0.2) is 0 Å². The zero-order chi connectivity index (χ0) is 22.3. The van der Waals surface area contributed by atoms with E-state index in [1.54, 1.807) is 0 Å². The third kappa shape index (κ3) is 4.99. The molecule has 3 aromatic rings. The Morgan fingerprint density at radius 1 is 1.00 bits per heavy atom. The van der Waals surface area contributed by atoms with Crippen molar-refractivity contribution in [3.05, 3.63) is 65.4 Å². The number of hydrogen-bond acceptors (Lipinski definition) is 4. The first-order valence-electron chi connectivity index (χ1n) is 12.0. The molecule has 0 fully saturated rings. The van der Waals surface area contributed by atoms with Gasteiger partial charge in [-0.05, 0) is 50.4 Å². The van der Waals surface area contributed by atoms with E-state index in [-0.39, 0.29) is 6.04 Å². The normalized spacial score (nSPS) is 13.6. The molecule has 1 aromatic heterocycles. The highest BCUT2D eigenvalue weighted by Crippen LogP contribution is 2.35. The van der Waals surface area contributed by atoms with Crippen molar-refractivity contribution in [2.75, 3.05) is 13.3 Å². The van der Waals surface area contributed by atoms with Crippen molar-refractivity contribution in [2.24, 2.45) is 0 Å².